The van der Waals surface area contributed by atoms with Crippen molar-refractivity contribution in [3.05, 3.63) is 59.1 Å². The molecule has 0 spiro atoms. The minimum Gasteiger partial charge on any atom is -0.448 e. The zero-order chi connectivity index (χ0) is 18.5. The summed E-state index contributed by atoms with van der Waals surface area (Å²) in [6.07, 6.45) is 1.67. The highest BCUT2D eigenvalue weighted by molar-refractivity contribution is 7.13. The third-order valence-electron chi connectivity index (χ3n) is 4.18. The number of carbonyl (C=O) groups is 2. The Labute approximate surface area is 156 Å². The molecule has 6 nitrogen and oxygen atoms in total. The summed E-state index contributed by atoms with van der Waals surface area (Å²) in [6.45, 7) is 6.95. The van der Waals surface area contributed by atoms with Crippen LogP contribution in [0.2, 0.25) is 0 Å². The molecule has 1 aliphatic rings. The Kier molecular flexibility index (Phi) is 5.68. The first-order valence-electron chi connectivity index (χ1n) is 8.45. The van der Waals surface area contributed by atoms with E-state index in [1.807, 2.05) is 18.2 Å². The number of nitrogens with zero attached hydrogens (tertiary/aromatic N) is 2. The normalized spacial score (nSPS) is 14.3. The van der Waals surface area contributed by atoms with E-state index in [1.54, 1.807) is 23.3 Å². The van der Waals surface area contributed by atoms with Gasteiger partial charge < -0.3 is 15.0 Å². The van der Waals surface area contributed by atoms with E-state index in [2.05, 4.69) is 22.9 Å². The molecule has 3 rings (SSSR count). The molecule has 1 aromatic heterocycles. The first-order valence-corrected chi connectivity index (χ1v) is 9.33. The number of carbonyl (C=O) groups excluding carboxylic acids is 2. The van der Waals surface area contributed by atoms with Crippen molar-refractivity contribution in [2.24, 2.45) is 0 Å². The van der Waals surface area contributed by atoms with Crippen molar-refractivity contribution in [3.63, 3.8) is 0 Å². The Hall–Kier alpha value is -2.67. The SMILES string of the molecule is C=CCNc1nc(C(=O)OC(C)C(=O)N2CCc3ccccc3C2)cs1. The second kappa shape index (κ2) is 8.14. The zero-order valence-corrected chi connectivity index (χ0v) is 15.4. The number of nitrogens with one attached hydrogen (secondary N) is 1. The van der Waals surface area contributed by atoms with Crippen molar-refractivity contribution in [1.29, 1.82) is 0 Å². The number of benzene rings is 1. The molecule has 0 radical (unpaired) electrons. The van der Waals surface area contributed by atoms with Gasteiger partial charge in [0.2, 0.25) is 0 Å². The van der Waals surface area contributed by atoms with Crippen LogP contribution in [-0.4, -0.2) is 41.0 Å². The van der Waals surface area contributed by atoms with Gasteiger partial charge in [-0.05, 0) is 24.5 Å². The Balaban J connectivity index is 1.58. The number of ether oxygens (including phenoxy) is 1. The number of esters is 1. The largest absolute Gasteiger partial charge is 0.448 e. The smallest absolute Gasteiger partial charge is 0.358 e. The van der Waals surface area contributed by atoms with Crippen molar-refractivity contribution >= 4 is 28.3 Å². The highest BCUT2D eigenvalue weighted by Gasteiger charge is 2.27. The van der Waals surface area contributed by atoms with Gasteiger partial charge in [-0.3, -0.25) is 4.79 Å². The average molecular weight is 371 g/mol. The Morgan fingerprint density at radius 2 is 2.19 bits per heavy atom. The molecular formula is C19H21N3O3S. The van der Waals surface area contributed by atoms with Crippen LogP contribution in [0.1, 0.15) is 28.5 Å². The third kappa shape index (κ3) is 4.11. The summed E-state index contributed by atoms with van der Waals surface area (Å²) in [5.41, 5.74) is 2.61. The maximum absolute atomic E-state index is 12.6. The lowest BCUT2D eigenvalue weighted by molar-refractivity contribution is -0.140. The lowest BCUT2D eigenvalue weighted by Crippen LogP contribution is -2.42. The van der Waals surface area contributed by atoms with Gasteiger partial charge in [0.15, 0.2) is 16.9 Å². The second-order valence-electron chi connectivity index (χ2n) is 6.03. The maximum atomic E-state index is 12.6. The fraction of sp³-hybridized carbons (Fsp3) is 0.316. The van der Waals surface area contributed by atoms with Crippen molar-refractivity contribution in [3.8, 4) is 0 Å². The highest BCUT2D eigenvalue weighted by Crippen LogP contribution is 2.20. The number of anilines is 1. The van der Waals surface area contributed by atoms with E-state index in [0.717, 1.165) is 12.0 Å². The zero-order valence-electron chi connectivity index (χ0n) is 14.6. The molecule has 0 fully saturated rings. The first-order chi connectivity index (χ1) is 12.6. The molecule has 7 heteroatoms. The van der Waals surface area contributed by atoms with E-state index < -0.39 is 12.1 Å². The van der Waals surface area contributed by atoms with Crippen LogP contribution < -0.4 is 5.32 Å². The molecule has 26 heavy (non-hydrogen) atoms. The summed E-state index contributed by atoms with van der Waals surface area (Å²) in [5.74, 6) is -0.778. The molecule has 136 valence electrons. The molecule has 1 aliphatic heterocycles. The molecule has 2 heterocycles. The number of hydrogen-bond acceptors (Lipinski definition) is 6. The molecule has 1 aromatic carbocycles. The number of hydrogen-bond donors (Lipinski definition) is 1. The van der Waals surface area contributed by atoms with Gasteiger partial charge in [-0.25, -0.2) is 9.78 Å². The van der Waals surface area contributed by atoms with E-state index in [-0.39, 0.29) is 11.6 Å². The summed E-state index contributed by atoms with van der Waals surface area (Å²) in [5, 5.41) is 5.24. The van der Waals surface area contributed by atoms with Gasteiger partial charge in [-0.1, -0.05) is 30.3 Å². The monoisotopic (exact) mass is 371 g/mol. The van der Waals surface area contributed by atoms with Gasteiger partial charge in [0.1, 0.15) is 0 Å². The second-order valence-corrected chi connectivity index (χ2v) is 6.89. The van der Waals surface area contributed by atoms with Crippen molar-refractivity contribution in [1.82, 2.24) is 9.88 Å². The predicted octanol–water partition coefficient (Wildman–Crippen LogP) is 2.87. The molecule has 1 amide bonds. The van der Waals surface area contributed by atoms with E-state index >= 15 is 0 Å². The molecule has 2 aromatic rings. The summed E-state index contributed by atoms with van der Waals surface area (Å²) >= 11 is 1.31. The molecule has 1 unspecified atom stereocenters. The number of thiazole rings is 1. The summed E-state index contributed by atoms with van der Waals surface area (Å²) < 4.78 is 5.32. The minimum absolute atomic E-state index is 0.187. The topological polar surface area (TPSA) is 71.5 Å². The Morgan fingerprint density at radius 3 is 2.96 bits per heavy atom. The van der Waals surface area contributed by atoms with Crippen LogP contribution in [0.5, 0.6) is 0 Å². The first kappa shape index (κ1) is 18.1. The molecule has 0 saturated carbocycles. The quantitative estimate of drug-likeness (QED) is 0.624. The molecule has 0 saturated heterocycles. The van der Waals surface area contributed by atoms with Gasteiger partial charge >= 0.3 is 5.97 Å². The van der Waals surface area contributed by atoms with Gasteiger partial charge in [0.05, 0.1) is 0 Å². The van der Waals surface area contributed by atoms with Crippen LogP contribution in [-0.2, 0) is 22.5 Å². The fourth-order valence-electron chi connectivity index (χ4n) is 2.82. The summed E-state index contributed by atoms with van der Waals surface area (Å²) in [6, 6.07) is 8.09. The Bertz CT molecular complexity index is 818. The molecule has 0 bridgehead atoms. The number of amides is 1. The summed E-state index contributed by atoms with van der Waals surface area (Å²) in [4.78, 5) is 30.8. The van der Waals surface area contributed by atoms with Crippen molar-refractivity contribution in [2.75, 3.05) is 18.4 Å². The van der Waals surface area contributed by atoms with Gasteiger partial charge in [0, 0.05) is 25.0 Å². The van der Waals surface area contributed by atoms with Crippen molar-refractivity contribution in [2.45, 2.75) is 26.0 Å². The molecule has 1 N–H and O–H groups in total. The third-order valence-corrected chi connectivity index (χ3v) is 4.98. The number of fused-ring (bicyclic) bond motifs is 1. The average Bonchev–Trinajstić information content (AvgIpc) is 3.14. The van der Waals surface area contributed by atoms with E-state index in [9.17, 15) is 9.59 Å². The predicted molar refractivity (Wildman–Crippen MR) is 101 cm³/mol. The van der Waals surface area contributed by atoms with E-state index in [0.29, 0.717) is 24.8 Å². The lowest BCUT2D eigenvalue weighted by Gasteiger charge is -2.30. The molecule has 0 aliphatic carbocycles. The lowest BCUT2D eigenvalue weighted by atomic mass is 9.99. The van der Waals surface area contributed by atoms with Crippen LogP contribution in [0, 0.1) is 0 Å². The Morgan fingerprint density at radius 1 is 1.42 bits per heavy atom. The molecular weight excluding hydrogens is 350 g/mol. The van der Waals surface area contributed by atoms with Crippen LogP contribution in [0.3, 0.4) is 0 Å². The number of rotatable bonds is 6. The van der Waals surface area contributed by atoms with Gasteiger partial charge in [0.25, 0.3) is 5.91 Å². The van der Waals surface area contributed by atoms with Crippen LogP contribution in [0.25, 0.3) is 0 Å². The summed E-state index contributed by atoms with van der Waals surface area (Å²) in [7, 11) is 0. The van der Waals surface area contributed by atoms with E-state index in [1.165, 1.54) is 16.9 Å². The van der Waals surface area contributed by atoms with E-state index in [4.69, 9.17) is 4.74 Å². The maximum Gasteiger partial charge on any atom is 0.358 e. The highest BCUT2D eigenvalue weighted by atomic mass is 32.1. The van der Waals surface area contributed by atoms with Crippen molar-refractivity contribution < 1.29 is 14.3 Å². The van der Waals surface area contributed by atoms with Crippen LogP contribution >= 0.6 is 11.3 Å². The van der Waals surface area contributed by atoms with Crippen LogP contribution in [0.15, 0.2) is 42.3 Å². The minimum atomic E-state index is -0.848. The molecule has 1 atom stereocenters. The number of aromatic nitrogens is 1. The van der Waals surface area contributed by atoms with Crippen LogP contribution in [0.4, 0.5) is 5.13 Å². The fourth-order valence-corrected chi connectivity index (χ4v) is 3.51. The van der Waals surface area contributed by atoms with Gasteiger partial charge in [-0.2, -0.15) is 0 Å². The van der Waals surface area contributed by atoms with Gasteiger partial charge in [-0.15, -0.1) is 17.9 Å². The standard InChI is InChI=1S/C19H21N3O3S/c1-3-9-20-19-21-16(12-26-19)18(24)25-13(2)17(23)22-10-8-14-6-4-5-7-15(14)11-22/h3-7,12-13H,1,8-11H2,2H3,(H,20,21).